The van der Waals surface area contributed by atoms with Gasteiger partial charge in [-0.1, -0.05) is 0 Å². The van der Waals surface area contributed by atoms with Crippen molar-refractivity contribution in [1.82, 2.24) is 15.3 Å². The molecule has 2 N–H and O–H groups in total. The van der Waals surface area contributed by atoms with Crippen molar-refractivity contribution in [2.75, 3.05) is 48.0 Å². The van der Waals surface area contributed by atoms with Gasteiger partial charge in [0.25, 0.3) is 0 Å². The lowest BCUT2D eigenvalue weighted by Gasteiger charge is -2.35. The molecule has 0 spiro atoms. The van der Waals surface area contributed by atoms with Crippen LogP contribution < -0.4 is 20.4 Å². The molecule has 2 aliphatic heterocycles. The Hall–Kier alpha value is -1.67. The van der Waals surface area contributed by atoms with Crippen molar-refractivity contribution in [2.24, 2.45) is 0 Å². The molecular weight excluding hydrogens is 360 g/mol. The standard InChI is InChI=1S/C19H32N6OS/c1-14-7-5-6-8-25(14)16-13-15(24-9-11-26-12-10-24)20-17(21-16)22-18(27)23-19(2,3)4/h13-14H,5-12H2,1-4H3,(H2,20,21,22,23,27). The van der Waals surface area contributed by atoms with E-state index in [2.05, 4.69) is 54.2 Å². The van der Waals surface area contributed by atoms with Gasteiger partial charge in [-0.3, -0.25) is 0 Å². The van der Waals surface area contributed by atoms with Gasteiger partial charge in [0.15, 0.2) is 5.11 Å². The van der Waals surface area contributed by atoms with E-state index in [1.165, 1.54) is 19.3 Å². The number of ether oxygens (including phenoxy) is 1. The molecule has 8 heteroatoms. The zero-order valence-electron chi connectivity index (χ0n) is 16.9. The maximum Gasteiger partial charge on any atom is 0.232 e. The SMILES string of the molecule is CC1CCCCN1c1cc(N2CCOCC2)nc(NC(=S)NC(C)(C)C)n1. The summed E-state index contributed by atoms with van der Waals surface area (Å²) in [5, 5.41) is 6.99. The van der Waals surface area contributed by atoms with Crippen molar-refractivity contribution in [3.63, 3.8) is 0 Å². The van der Waals surface area contributed by atoms with Crippen LogP contribution in [0.4, 0.5) is 17.6 Å². The number of thiocarbonyl (C=S) groups is 1. The lowest BCUT2D eigenvalue weighted by atomic mass is 10.0. The van der Waals surface area contributed by atoms with Crippen LogP contribution in [-0.4, -0.2) is 59.5 Å². The molecule has 0 bridgehead atoms. The first-order valence-electron chi connectivity index (χ1n) is 9.89. The van der Waals surface area contributed by atoms with Crippen molar-refractivity contribution < 1.29 is 4.74 Å². The van der Waals surface area contributed by atoms with E-state index in [0.29, 0.717) is 17.1 Å². The van der Waals surface area contributed by atoms with Gasteiger partial charge in [-0.05, 0) is 59.2 Å². The number of hydrogen-bond acceptors (Lipinski definition) is 6. The third kappa shape index (κ3) is 5.65. The average Bonchev–Trinajstić information content (AvgIpc) is 2.61. The average molecular weight is 393 g/mol. The predicted octanol–water partition coefficient (Wildman–Crippen LogP) is 2.78. The Morgan fingerprint density at radius 3 is 2.52 bits per heavy atom. The largest absolute Gasteiger partial charge is 0.378 e. The second-order valence-corrected chi connectivity index (χ2v) is 8.78. The first kappa shape index (κ1) is 20.1. The van der Waals surface area contributed by atoms with Crippen LogP contribution in [0.3, 0.4) is 0 Å². The Kier molecular flexibility index (Phi) is 6.37. The van der Waals surface area contributed by atoms with E-state index in [9.17, 15) is 0 Å². The van der Waals surface area contributed by atoms with Gasteiger partial charge in [0.2, 0.25) is 5.95 Å². The van der Waals surface area contributed by atoms with Gasteiger partial charge in [-0.25, -0.2) is 0 Å². The summed E-state index contributed by atoms with van der Waals surface area (Å²) in [5.74, 6) is 2.45. The highest BCUT2D eigenvalue weighted by molar-refractivity contribution is 7.80. The zero-order chi connectivity index (χ0) is 19.4. The van der Waals surface area contributed by atoms with E-state index in [4.69, 9.17) is 26.9 Å². The Morgan fingerprint density at radius 1 is 1.15 bits per heavy atom. The number of hydrogen-bond donors (Lipinski definition) is 2. The van der Waals surface area contributed by atoms with E-state index in [-0.39, 0.29) is 5.54 Å². The maximum atomic E-state index is 5.49. The third-order valence-electron chi connectivity index (χ3n) is 4.85. The second kappa shape index (κ2) is 8.56. The van der Waals surface area contributed by atoms with E-state index in [1.54, 1.807) is 0 Å². The molecule has 1 unspecified atom stereocenters. The Bertz CT molecular complexity index is 656. The fourth-order valence-electron chi connectivity index (χ4n) is 3.49. The molecular formula is C19H32N6OS. The molecule has 2 fully saturated rings. The summed E-state index contributed by atoms with van der Waals surface area (Å²) in [6, 6.07) is 2.59. The van der Waals surface area contributed by atoms with Crippen LogP contribution in [0.1, 0.15) is 47.0 Å². The smallest absolute Gasteiger partial charge is 0.232 e. The first-order valence-corrected chi connectivity index (χ1v) is 10.3. The van der Waals surface area contributed by atoms with Gasteiger partial charge < -0.3 is 25.2 Å². The maximum absolute atomic E-state index is 5.49. The van der Waals surface area contributed by atoms with Gasteiger partial charge >= 0.3 is 0 Å². The molecule has 7 nitrogen and oxygen atoms in total. The highest BCUT2D eigenvalue weighted by atomic mass is 32.1. The lowest BCUT2D eigenvalue weighted by molar-refractivity contribution is 0.122. The van der Waals surface area contributed by atoms with Crippen molar-refractivity contribution >= 4 is 34.9 Å². The molecule has 1 atom stereocenters. The Balaban J connectivity index is 1.86. The number of aromatic nitrogens is 2. The summed E-state index contributed by atoms with van der Waals surface area (Å²) >= 11 is 5.46. The van der Waals surface area contributed by atoms with Crippen LogP contribution >= 0.6 is 12.2 Å². The molecule has 1 aromatic rings. The van der Waals surface area contributed by atoms with E-state index in [0.717, 1.165) is 44.5 Å². The lowest BCUT2D eigenvalue weighted by Crippen LogP contribution is -2.43. The highest BCUT2D eigenvalue weighted by Crippen LogP contribution is 2.27. The summed E-state index contributed by atoms with van der Waals surface area (Å²) in [7, 11) is 0. The molecule has 0 saturated carbocycles. The summed E-state index contributed by atoms with van der Waals surface area (Å²) in [4.78, 5) is 14.2. The molecule has 3 heterocycles. The first-order chi connectivity index (χ1) is 12.8. The number of anilines is 3. The van der Waals surface area contributed by atoms with E-state index < -0.39 is 0 Å². The van der Waals surface area contributed by atoms with Gasteiger partial charge in [-0.15, -0.1) is 0 Å². The zero-order valence-corrected chi connectivity index (χ0v) is 17.7. The molecule has 27 heavy (non-hydrogen) atoms. The Morgan fingerprint density at radius 2 is 1.85 bits per heavy atom. The van der Waals surface area contributed by atoms with Crippen LogP contribution in [0, 0.1) is 0 Å². The minimum Gasteiger partial charge on any atom is -0.378 e. The van der Waals surface area contributed by atoms with E-state index >= 15 is 0 Å². The second-order valence-electron chi connectivity index (χ2n) is 8.37. The number of rotatable bonds is 3. The van der Waals surface area contributed by atoms with Crippen LogP contribution in [-0.2, 0) is 4.74 Å². The summed E-state index contributed by atoms with van der Waals surface area (Å²) in [5.41, 5.74) is -0.115. The van der Waals surface area contributed by atoms with Crippen LogP contribution in [0.2, 0.25) is 0 Å². The molecule has 0 radical (unpaired) electrons. The highest BCUT2D eigenvalue weighted by Gasteiger charge is 2.23. The number of piperidine rings is 1. The van der Waals surface area contributed by atoms with Crippen molar-refractivity contribution in [3.8, 4) is 0 Å². The fourth-order valence-corrected chi connectivity index (χ4v) is 3.89. The monoisotopic (exact) mass is 392 g/mol. The van der Waals surface area contributed by atoms with Gasteiger partial charge in [-0.2, -0.15) is 9.97 Å². The molecule has 0 amide bonds. The molecule has 0 aromatic carbocycles. The van der Waals surface area contributed by atoms with Crippen molar-refractivity contribution in [1.29, 1.82) is 0 Å². The quantitative estimate of drug-likeness (QED) is 0.762. The number of nitrogens with one attached hydrogen (secondary N) is 2. The molecule has 0 aliphatic carbocycles. The number of morpholine rings is 1. The van der Waals surface area contributed by atoms with Gasteiger partial charge in [0.1, 0.15) is 11.6 Å². The summed E-state index contributed by atoms with van der Waals surface area (Å²) in [6.07, 6.45) is 3.68. The van der Waals surface area contributed by atoms with E-state index in [1.807, 2.05) is 0 Å². The topological polar surface area (TPSA) is 65.6 Å². The van der Waals surface area contributed by atoms with Crippen LogP contribution in [0.15, 0.2) is 6.07 Å². The van der Waals surface area contributed by atoms with Crippen molar-refractivity contribution in [3.05, 3.63) is 6.07 Å². The molecule has 3 rings (SSSR count). The third-order valence-corrected chi connectivity index (χ3v) is 5.05. The fraction of sp³-hybridized carbons (Fsp3) is 0.737. The van der Waals surface area contributed by atoms with Gasteiger partial charge in [0, 0.05) is 37.3 Å². The minimum atomic E-state index is -0.115. The van der Waals surface area contributed by atoms with Crippen LogP contribution in [0.25, 0.3) is 0 Å². The number of nitrogens with zero attached hydrogens (tertiary/aromatic N) is 4. The summed E-state index contributed by atoms with van der Waals surface area (Å²) < 4.78 is 5.49. The Labute approximate surface area is 167 Å². The van der Waals surface area contributed by atoms with Crippen LogP contribution in [0.5, 0.6) is 0 Å². The molecule has 2 aliphatic rings. The molecule has 1 aromatic heterocycles. The van der Waals surface area contributed by atoms with Crippen molar-refractivity contribution in [2.45, 2.75) is 58.5 Å². The van der Waals surface area contributed by atoms with Gasteiger partial charge in [0.05, 0.1) is 13.2 Å². The molecule has 150 valence electrons. The minimum absolute atomic E-state index is 0.115. The predicted molar refractivity (Wildman–Crippen MR) is 115 cm³/mol. The normalized spacial score (nSPS) is 21.1. The molecule has 2 saturated heterocycles. The summed E-state index contributed by atoms with van der Waals surface area (Å²) in [6.45, 7) is 12.7.